The first kappa shape index (κ1) is 21.2. The number of carbonyl (C=O) groups is 1. The lowest BCUT2D eigenvalue weighted by Crippen LogP contribution is -2.39. The van der Waals surface area contributed by atoms with Crippen LogP contribution in [0.15, 0.2) is 28.8 Å². The molecule has 166 valence electrons. The number of fused-ring (bicyclic) bond motifs is 1. The Balaban J connectivity index is 1.40. The molecule has 10 heteroatoms. The average Bonchev–Trinajstić information content (AvgIpc) is 3.38. The molecule has 3 aromatic rings. The van der Waals surface area contributed by atoms with Crippen LogP contribution in [0.4, 0.5) is 13.2 Å². The number of hydrogen-bond donors (Lipinski definition) is 1. The van der Waals surface area contributed by atoms with Gasteiger partial charge in [-0.25, -0.2) is 4.98 Å². The second kappa shape index (κ2) is 8.60. The first-order valence-electron chi connectivity index (χ1n) is 10.3. The van der Waals surface area contributed by atoms with Gasteiger partial charge in [0.05, 0.1) is 17.6 Å². The number of halogens is 3. The van der Waals surface area contributed by atoms with Gasteiger partial charge >= 0.3 is 6.18 Å². The van der Waals surface area contributed by atoms with Gasteiger partial charge in [0.1, 0.15) is 11.5 Å². The molecule has 0 spiro atoms. The minimum atomic E-state index is -4.48. The van der Waals surface area contributed by atoms with Gasteiger partial charge in [-0.1, -0.05) is 0 Å². The van der Waals surface area contributed by atoms with Crippen LogP contribution in [0, 0.1) is 0 Å². The highest BCUT2D eigenvalue weighted by Gasteiger charge is 2.33. The number of H-pyrrole nitrogens is 1. The highest BCUT2D eigenvalue weighted by Crippen LogP contribution is 2.32. The predicted molar refractivity (Wildman–Crippen MR) is 106 cm³/mol. The number of aryl methyl sites for hydroxylation is 1. The molecule has 4 rings (SSSR count). The zero-order valence-corrected chi connectivity index (χ0v) is 17.0. The maximum absolute atomic E-state index is 12.9. The molecule has 1 aliphatic heterocycles. The lowest BCUT2D eigenvalue weighted by atomic mass is 9.94. The molecular formula is C21H23F3N4O3. The Labute approximate surface area is 176 Å². The molecule has 0 saturated carbocycles. The monoisotopic (exact) mass is 436 g/mol. The van der Waals surface area contributed by atoms with Crippen LogP contribution in [0.25, 0.3) is 11.0 Å². The molecule has 7 nitrogen and oxygen atoms in total. The van der Waals surface area contributed by atoms with E-state index in [0.29, 0.717) is 43.3 Å². The molecule has 0 radical (unpaired) electrons. The van der Waals surface area contributed by atoms with Crippen molar-refractivity contribution < 1.29 is 27.2 Å². The van der Waals surface area contributed by atoms with E-state index in [2.05, 4.69) is 15.1 Å². The number of aromatic amines is 1. The number of alkyl halides is 3. The van der Waals surface area contributed by atoms with Crippen molar-refractivity contribution in [2.24, 2.45) is 0 Å². The van der Waals surface area contributed by atoms with Crippen molar-refractivity contribution in [1.82, 2.24) is 20.0 Å². The molecule has 0 bridgehead atoms. The Morgan fingerprint density at radius 3 is 2.97 bits per heavy atom. The van der Waals surface area contributed by atoms with Crippen LogP contribution in [-0.4, -0.2) is 45.6 Å². The molecule has 31 heavy (non-hydrogen) atoms. The molecule has 1 N–H and O–H groups in total. The molecule has 3 aromatic heterocycles. The number of nitrogens with one attached hydrogen (secondary N) is 1. The molecule has 4 heterocycles. The van der Waals surface area contributed by atoms with Gasteiger partial charge < -0.3 is 19.1 Å². The lowest BCUT2D eigenvalue weighted by molar-refractivity contribution is -0.141. The Hall–Kier alpha value is -3.04. The molecule has 0 aliphatic carbocycles. The molecule has 1 saturated heterocycles. The molecule has 1 atom stereocenters. The quantitative estimate of drug-likeness (QED) is 0.623. The summed E-state index contributed by atoms with van der Waals surface area (Å²) in [6.45, 7) is 3.51. The summed E-state index contributed by atoms with van der Waals surface area (Å²) >= 11 is 0. The summed E-state index contributed by atoms with van der Waals surface area (Å²) in [5.41, 5.74) is 0.729. The number of hydrogen-bond acceptors (Lipinski definition) is 5. The molecule has 1 aliphatic rings. The summed E-state index contributed by atoms with van der Waals surface area (Å²) in [5, 5.41) is 3.79. The highest BCUT2D eigenvalue weighted by atomic mass is 19.4. The van der Waals surface area contributed by atoms with Crippen LogP contribution in [-0.2, 0) is 17.4 Å². The fourth-order valence-corrected chi connectivity index (χ4v) is 3.88. The molecule has 1 fully saturated rings. The van der Waals surface area contributed by atoms with Gasteiger partial charge in [-0.05, 0) is 43.1 Å². The van der Waals surface area contributed by atoms with Crippen molar-refractivity contribution in [1.29, 1.82) is 0 Å². The summed E-state index contributed by atoms with van der Waals surface area (Å²) < 4.78 is 49.2. The molecule has 0 aromatic carbocycles. The van der Waals surface area contributed by atoms with E-state index in [9.17, 15) is 18.0 Å². The fourth-order valence-electron chi connectivity index (χ4n) is 3.88. The van der Waals surface area contributed by atoms with Crippen LogP contribution in [0.2, 0.25) is 0 Å². The normalized spacial score (nSPS) is 17.3. The van der Waals surface area contributed by atoms with Crippen molar-refractivity contribution in [2.45, 2.75) is 44.7 Å². The van der Waals surface area contributed by atoms with Gasteiger partial charge in [0.25, 0.3) is 5.88 Å². The second-order valence-electron chi connectivity index (χ2n) is 7.60. The van der Waals surface area contributed by atoms with Crippen LogP contribution < -0.4 is 4.74 Å². The zero-order chi connectivity index (χ0) is 22.0. The van der Waals surface area contributed by atoms with Gasteiger partial charge in [-0.2, -0.15) is 13.2 Å². The third kappa shape index (κ3) is 4.83. The van der Waals surface area contributed by atoms with Gasteiger partial charge in [-0.15, -0.1) is 0 Å². The van der Waals surface area contributed by atoms with Gasteiger partial charge in [-0.3, -0.25) is 4.79 Å². The summed E-state index contributed by atoms with van der Waals surface area (Å²) in [7, 11) is 0. The molecule has 1 unspecified atom stereocenters. The second-order valence-corrected chi connectivity index (χ2v) is 7.60. The minimum absolute atomic E-state index is 0.00709. The number of piperidine rings is 1. The zero-order valence-electron chi connectivity index (χ0n) is 17.0. The van der Waals surface area contributed by atoms with E-state index in [4.69, 9.17) is 9.26 Å². The number of amides is 1. The van der Waals surface area contributed by atoms with Crippen molar-refractivity contribution in [3.05, 3.63) is 41.4 Å². The van der Waals surface area contributed by atoms with Gasteiger partial charge in [0, 0.05) is 43.6 Å². The van der Waals surface area contributed by atoms with E-state index >= 15 is 0 Å². The largest absolute Gasteiger partial charge is 0.476 e. The standard InChI is InChI=1S/C21H23F3N4O3/c1-2-30-19-10-14(31-27-19)5-8-20(29)28-9-3-4-13(12-28)16-11-17-15(25-16)6-7-18(26-17)21(22,23)24/h6-7,10-11,13,25H,2-5,8-9,12H2,1H3. The summed E-state index contributed by atoms with van der Waals surface area (Å²) in [6.07, 6.45) is -2.09. The van der Waals surface area contributed by atoms with E-state index < -0.39 is 11.9 Å². The van der Waals surface area contributed by atoms with E-state index in [-0.39, 0.29) is 23.8 Å². The predicted octanol–water partition coefficient (Wildman–Crippen LogP) is 4.31. The van der Waals surface area contributed by atoms with Crippen molar-refractivity contribution >= 4 is 16.9 Å². The van der Waals surface area contributed by atoms with Crippen LogP contribution in [0.3, 0.4) is 0 Å². The van der Waals surface area contributed by atoms with Crippen LogP contribution in [0.1, 0.15) is 49.3 Å². The SMILES string of the molecule is CCOc1cc(CCC(=O)N2CCCC(c3cc4nc(C(F)(F)F)ccc4[nH]3)C2)on1. The number of nitrogens with zero attached hydrogens (tertiary/aromatic N) is 3. The average molecular weight is 436 g/mol. The fraction of sp³-hybridized carbons (Fsp3) is 0.476. The number of aromatic nitrogens is 3. The third-order valence-electron chi connectivity index (χ3n) is 5.42. The number of ether oxygens (including phenoxy) is 1. The number of pyridine rings is 1. The lowest BCUT2D eigenvalue weighted by Gasteiger charge is -2.32. The van der Waals surface area contributed by atoms with Crippen molar-refractivity contribution in [3.63, 3.8) is 0 Å². The first-order valence-corrected chi connectivity index (χ1v) is 10.3. The number of carbonyl (C=O) groups excluding carboxylic acids is 1. The van der Waals surface area contributed by atoms with Crippen LogP contribution in [0.5, 0.6) is 5.88 Å². The Morgan fingerprint density at radius 2 is 2.19 bits per heavy atom. The Kier molecular flexibility index (Phi) is 5.88. The maximum atomic E-state index is 12.9. The molecular weight excluding hydrogens is 413 g/mol. The number of rotatable bonds is 6. The summed E-state index contributed by atoms with van der Waals surface area (Å²) in [4.78, 5) is 21.4. The molecule has 1 amide bonds. The van der Waals surface area contributed by atoms with Crippen molar-refractivity contribution in [2.75, 3.05) is 19.7 Å². The Morgan fingerprint density at radius 1 is 1.35 bits per heavy atom. The highest BCUT2D eigenvalue weighted by molar-refractivity contribution is 5.77. The minimum Gasteiger partial charge on any atom is -0.476 e. The maximum Gasteiger partial charge on any atom is 0.433 e. The first-order chi connectivity index (χ1) is 14.8. The third-order valence-corrected chi connectivity index (χ3v) is 5.42. The Bertz CT molecular complexity index is 1060. The van der Waals surface area contributed by atoms with Crippen LogP contribution >= 0.6 is 0 Å². The smallest absolute Gasteiger partial charge is 0.433 e. The van der Waals surface area contributed by atoms with Gasteiger partial charge in [0.2, 0.25) is 5.91 Å². The summed E-state index contributed by atoms with van der Waals surface area (Å²) in [6, 6.07) is 5.71. The summed E-state index contributed by atoms with van der Waals surface area (Å²) in [5.74, 6) is 1.03. The van der Waals surface area contributed by atoms with E-state index in [1.54, 1.807) is 17.0 Å². The van der Waals surface area contributed by atoms with E-state index in [0.717, 1.165) is 24.6 Å². The van der Waals surface area contributed by atoms with E-state index in [1.165, 1.54) is 6.07 Å². The number of likely N-dealkylation sites (tertiary alicyclic amines) is 1. The van der Waals surface area contributed by atoms with E-state index in [1.807, 2.05) is 6.92 Å². The van der Waals surface area contributed by atoms with Gasteiger partial charge in [0.15, 0.2) is 0 Å². The topological polar surface area (TPSA) is 84.2 Å². The van der Waals surface area contributed by atoms with Crippen molar-refractivity contribution in [3.8, 4) is 5.88 Å².